The Balaban J connectivity index is 1.92. The SMILES string of the molecule is CCN(CC)C1=NC(=O)[C@H](CC(=O)Nc2cccc(C(=O)OCC(=O)NC)c2)S1. The van der Waals surface area contributed by atoms with E-state index in [1.165, 1.54) is 30.9 Å². The summed E-state index contributed by atoms with van der Waals surface area (Å²) < 4.78 is 4.89. The number of nitrogens with zero attached hydrogens (tertiary/aromatic N) is 2. The molecular weight excluding hydrogens is 396 g/mol. The summed E-state index contributed by atoms with van der Waals surface area (Å²) in [5.74, 6) is -1.78. The van der Waals surface area contributed by atoms with Crippen molar-refractivity contribution in [3.63, 3.8) is 0 Å². The van der Waals surface area contributed by atoms with E-state index in [1.807, 2.05) is 18.7 Å². The van der Waals surface area contributed by atoms with Gasteiger partial charge < -0.3 is 20.3 Å². The van der Waals surface area contributed by atoms with Crippen LogP contribution in [0.25, 0.3) is 0 Å². The van der Waals surface area contributed by atoms with Gasteiger partial charge in [0.15, 0.2) is 11.8 Å². The minimum absolute atomic E-state index is 0.0247. The van der Waals surface area contributed by atoms with Crippen LogP contribution in [-0.4, -0.2) is 65.8 Å². The Labute approximate surface area is 173 Å². The maximum Gasteiger partial charge on any atom is 0.338 e. The lowest BCUT2D eigenvalue weighted by Gasteiger charge is -2.19. The number of ether oxygens (including phenoxy) is 1. The molecule has 2 N–H and O–H groups in total. The van der Waals surface area contributed by atoms with Gasteiger partial charge in [-0.15, -0.1) is 0 Å². The normalized spacial score (nSPS) is 15.5. The zero-order chi connectivity index (χ0) is 21.4. The molecule has 1 aliphatic heterocycles. The summed E-state index contributed by atoms with van der Waals surface area (Å²) in [5, 5.41) is 5.10. The van der Waals surface area contributed by atoms with E-state index in [9.17, 15) is 19.2 Å². The van der Waals surface area contributed by atoms with Crippen molar-refractivity contribution >= 4 is 46.3 Å². The van der Waals surface area contributed by atoms with Crippen LogP contribution >= 0.6 is 11.8 Å². The summed E-state index contributed by atoms with van der Waals surface area (Å²) in [6.45, 7) is 5.03. The fourth-order valence-corrected chi connectivity index (χ4v) is 3.72. The molecule has 1 aromatic rings. The van der Waals surface area contributed by atoms with Crippen LogP contribution in [0.2, 0.25) is 0 Å². The largest absolute Gasteiger partial charge is 0.452 e. The van der Waals surface area contributed by atoms with Gasteiger partial charge in [-0.25, -0.2) is 4.79 Å². The van der Waals surface area contributed by atoms with Gasteiger partial charge in [0, 0.05) is 32.2 Å². The van der Waals surface area contributed by atoms with Gasteiger partial charge in [0.25, 0.3) is 11.8 Å². The van der Waals surface area contributed by atoms with Gasteiger partial charge in [-0.2, -0.15) is 4.99 Å². The van der Waals surface area contributed by atoms with Crippen LogP contribution in [0, 0.1) is 0 Å². The smallest absolute Gasteiger partial charge is 0.338 e. The lowest BCUT2D eigenvalue weighted by Crippen LogP contribution is -2.28. The Bertz CT molecular complexity index is 823. The molecule has 0 saturated carbocycles. The van der Waals surface area contributed by atoms with Crippen molar-refractivity contribution < 1.29 is 23.9 Å². The van der Waals surface area contributed by atoms with Crippen molar-refractivity contribution in [1.82, 2.24) is 10.2 Å². The quantitative estimate of drug-likeness (QED) is 0.608. The summed E-state index contributed by atoms with van der Waals surface area (Å²) >= 11 is 1.29. The molecule has 0 aromatic heterocycles. The number of nitrogens with one attached hydrogen (secondary N) is 2. The molecule has 0 unspecified atom stereocenters. The van der Waals surface area contributed by atoms with Crippen LogP contribution in [0.5, 0.6) is 0 Å². The highest BCUT2D eigenvalue weighted by atomic mass is 32.2. The lowest BCUT2D eigenvalue weighted by atomic mass is 10.2. The molecule has 1 aromatic carbocycles. The van der Waals surface area contributed by atoms with Crippen molar-refractivity contribution in [3.8, 4) is 0 Å². The second-order valence-corrected chi connectivity index (χ2v) is 7.26. The molecule has 3 amide bonds. The molecule has 1 atom stereocenters. The van der Waals surface area contributed by atoms with Crippen molar-refractivity contribution in [2.45, 2.75) is 25.5 Å². The molecule has 1 heterocycles. The Kier molecular flexibility index (Phi) is 8.20. The average Bonchev–Trinajstić information content (AvgIpc) is 3.06. The van der Waals surface area contributed by atoms with Gasteiger partial charge in [-0.05, 0) is 32.0 Å². The number of amidine groups is 1. The zero-order valence-corrected chi connectivity index (χ0v) is 17.4. The monoisotopic (exact) mass is 420 g/mol. The Morgan fingerprint density at radius 3 is 2.59 bits per heavy atom. The van der Waals surface area contributed by atoms with E-state index in [4.69, 9.17) is 4.74 Å². The van der Waals surface area contributed by atoms with Gasteiger partial charge in [0.05, 0.1) is 5.56 Å². The van der Waals surface area contributed by atoms with Crippen molar-refractivity contribution in [3.05, 3.63) is 29.8 Å². The van der Waals surface area contributed by atoms with Gasteiger partial charge in [-0.3, -0.25) is 14.4 Å². The molecule has 2 rings (SSSR count). The van der Waals surface area contributed by atoms with Gasteiger partial charge in [0.2, 0.25) is 5.91 Å². The maximum atomic E-state index is 12.4. The summed E-state index contributed by atoms with van der Waals surface area (Å²) in [6, 6.07) is 6.17. The number of amides is 3. The van der Waals surface area contributed by atoms with E-state index in [2.05, 4.69) is 15.6 Å². The second-order valence-electron chi connectivity index (χ2n) is 6.09. The number of anilines is 1. The molecule has 0 spiro atoms. The highest BCUT2D eigenvalue weighted by Gasteiger charge is 2.32. The van der Waals surface area contributed by atoms with Gasteiger partial charge in [0.1, 0.15) is 5.25 Å². The van der Waals surface area contributed by atoms with E-state index in [1.54, 1.807) is 12.1 Å². The fourth-order valence-electron chi connectivity index (χ4n) is 2.53. The highest BCUT2D eigenvalue weighted by Crippen LogP contribution is 2.27. The molecule has 0 radical (unpaired) electrons. The molecule has 0 aliphatic carbocycles. The third-order valence-electron chi connectivity index (χ3n) is 4.13. The number of hydrogen-bond donors (Lipinski definition) is 2. The van der Waals surface area contributed by atoms with Crippen molar-refractivity contribution in [2.75, 3.05) is 32.1 Å². The fraction of sp³-hybridized carbons (Fsp3) is 0.421. The highest BCUT2D eigenvalue weighted by molar-refractivity contribution is 8.15. The molecule has 0 bridgehead atoms. The lowest BCUT2D eigenvalue weighted by molar-refractivity contribution is -0.123. The first kappa shape index (κ1) is 22.4. The number of hydrogen-bond acceptors (Lipinski definition) is 7. The van der Waals surface area contributed by atoms with Crippen molar-refractivity contribution in [1.29, 1.82) is 0 Å². The number of benzene rings is 1. The summed E-state index contributed by atoms with van der Waals surface area (Å²) in [6.07, 6.45) is -0.0247. The molecule has 29 heavy (non-hydrogen) atoms. The first-order valence-corrected chi connectivity index (χ1v) is 10.1. The van der Waals surface area contributed by atoms with Crippen molar-refractivity contribution in [2.24, 2.45) is 4.99 Å². The number of carbonyl (C=O) groups is 4. The Morgan fingerprint density at radius 2 is 1.93 bits per heavy atom. The van der Waals surface area contributed by atoms with E-state index < -0.39 is 17.1 Å². The van der Waals surface area contributed by atoms with Gasteiger partial charge in [-0.1, -0.05) is 17.8 Å². The summed E-state index contributed by atoms with van der Waals surface area (Å²) in [4.78, 5) is 53.6. The number of aliphatic imine (C=N–C) groups is 1. The first-order chi connectivity index (χ1) is 13.9. The molecule has 10 heteroatoms. The number of thioether (sulfide) groups is 1. The van der Waals surface area contributed by atoms with Crippen LogP contribution in [0.4, 0.5) is 5.69 Å². The second kappa shape index (κ2) is 10.6. The van der Waals surface area contributed by atoms with Crippen LogP contribution in [0.1, 0.15) is 30.6 Å². The zero-order valence-electron chi connectivity index (χ0n) is 16.6. The van der Waals surface area contributed by atoms with E-state index in [-0.39, 0.29) is 30.4 Å². The third kappa shape index (κ3) is 6.31. The average molecular weight is 420 g/mol. The predicted molar refractivity (Wildman–Crippen MR) is 111 cm³/mol. The minimum Gasteiger partial charge on any atom is -0.452 e. The number of esters is 1. The summed E-state index contributed by atoms with van der Waals surface area (Å²) in [7, 11) is 1.44. The first-order valence-electron chi connectivity index (χ1n) is 9.19. The van der Waals surface area contributed by atoms with Crippen LogP contribution in [-0.2, 0) is 19.1 Å². The van der Waals surface area contributed by atoms with E-state index >= 15 is 0 Å². The summed E-state index contributed by atoms with van der Waals surface area (Å²) in [5.41, 5.74) is 0.592. The molecule has 156 valence electrons. The number of carbonyl (C=O) groups excluding carboxylic acids is 4. The Hall–Kier alpha value is -2.88. The van der Waals surface area contributed by atoms with Crippen LogP contribution in [0.3, 0.4) is 0 Å². The minimum atomic E-state index is -0.677. The topological polar surface area (TPSA) is 117 Å². The molecule has 0 fully saturated rings. The maximum absolute atomic E-state index is 12.4. The van der Waals surface area contributed by atoms with Crippen LogP contribution < -0.4 is 10.6 Å². The van der Waals surface area contributed by atoms with E-state index in [0.29, 0.717) is 10.9 Å². The predicted octanol–water partition coefficient (Wildman–Crippen LogP) is 1.26. The molecular formula is C19H24N4O5S. The van der Waals surface area contributed by atoms with E-state index in [0.717, 1.165) is 13.1 Å². The van der Waals surface area contributed by atoms with Crippen LogP contribution in [0.15, 0.2) is 29.3 Å². The molecule has 1 aliphatic rings. The standard InChI is InChI=1S/C19H24N4O5S/c1-4-23(5-2)19-22-17(26)14(29-19)10-15(24)21-13-8-6-7-12(9-13)18(27)28-11-16(25)20-3/h6-9,14H,4-5,10-11H2,1-3H3,(H,20,25)(H,21,24)/t14-/m0/s1. The molecule has 9 nitrogen and oxygen atoms in total. The molecule has 0 saturated heterocycles. The van der Waals surface area contributed by atoms with Gasteiger partial charge >= 0.3 is 5.97 Å². The Morgan fingerprint density at radius 1 is 1.21 bits per heavy atom. The third-order valence-corrected chi connectivity index (χ3v) is 5.34. The number of likely N-dealkylation sites (N-methyl/N-ethyl adjacent to an activating group) is 1. The number of rotatable bonds is 8.